The van der Waals surface area contributed by atoms with Gasteiger partial charge in [-0.05, 0) is 104 Å². The van der Waals surface area contributed by atoms with E-state index in [9.17, 15) is 0 Å². The molecule has 26 heavy (non-hydrogen) atoms. The summed E-state index contributed by atoms with van der Waals surface area (Å²) in [5.41, 5.74) is 0.420. The van der Waals surface area contributed by atoms with E-state index in [4.69, 9.17) is 0 Å². The van der Waals surface area contributed by atoms with Crippen LogP contribution in [0.2, 0.25) is 0 Å². The fourth-order valence-electron chi connectivity index (χ4n) is 3.88. The molecule has 0 N–H and O–H groups in total. The van der Waals surface area contributed by atoms with Gasteiger partial charge in [0.1, 0.15) is 0 Å². The summed E-state index contributed by atoms with van der Waals surface area (Å²) >= 11 is 3.95. The predicted molar refractivity (Wildman–Crippen MR) is 109 cm³/mol. The van der Waals surface area contributed by atoms with Gasteiger partial charge in [-0.3, -0.25) is 0 Å². The van der Waals surface area contributed by atoms with Gasteiger partial charge in [0.25, 0.3) is 11.8 Å². The lowest BCUT2D eigenvalue weighted by molar-refractivity contribution is 0.0450. The molecule has 0 atom stereocenters. The Morgan fingerprint density at radius 2 is 0.846 bits per heavy atom. The van der Waals surface area contributed by atoms with Gasteiger partial charge in [0.05, 0.1) is 0 Å². The Kier molecular flexibility index (Phi) is 3.40. The van der Waals surface area contributed by atoms with Crippen molar-refractivity contribution in [3.63, 3.8) is 0 Å². The van der Waals surface area contributed by atoms with Crippen LogP contribution in [-0.2, 0) is 11.8 Å². The molecule has 0 amide bonds. The van der Waals surface area contributed by atoms with E-state index < -0.39 is 11.8 Å². The van der Waals surface area contributed by atoms with E-state index >= 15 is 17.6 Å². The molecule has 0 heterocycles. The molecule has 6 heteroatoms. The minimum absolute atomic E-state index is 0.116. The van der Waals surface area contributed by atoms with Crippen LogP contribution in [0.5, 0.6) is 0 Å². The summed E-state index contributed by atoms with van der Waals surface area (Å²) < 4.78 is 61.4. The van der Waals surface area contributed by atoms with Gasteiger partial charge in [-0.25, -0.2) is 0 Å². The van der Waals surface area contributed by atoms with Gasteiger partial charge in [0.2, 0.25) is 0 Å². The first-order valence-electron chi connectivity index (χ1n) is 7.76. The van der Waals surface area contributed by atoms with Crippen molar-refractivity contribution in [1.29, 1.82) is 0 Å². The topological polar surface area (TPSA) is 0 Å². The normalized spacial score (nSPS) is 17.5. The monoisotopic (exact) mass is 578 g/mol. The number of hydrogen-bond acceptors (Lipinski definition) is 0. The van der Waals surface area contributed by atoms with Crippen LogP contribution in [0.1, 0.15) is 22.3 Å². The largest absolute Gasteiger partial charge is 0.299 e. The van der Waals surface area contributed by atoms with Crippen molar-refractivity contribution in [1.82, 2.24) is 0 Å². The molecule has 0 saturated carbocycles. The third kappa shape index (κ3) is 2.05. The van der Waals surface area contributed by atoms with Gasteiger partial charge in [-0.15, -0.1) is 0 Å². The van der Waals surface area contributed by atoms with Gasteiger partial charge >= 0.3 is 0 Å². The lowest BCUT2D eigenvalue weighted by Gasteiger charge is -2.15. The summed E-state index contributed by atoms with van der Waals surface area (Å²) in [5, 5.41) is 0. The van der Waals surface area contributed by atoms with Gasteiger partial charge in [0.15, 0.2) is 0 Å². The highest BCUT2D eigenvalue weighted by molar-refractivity contribution is 14.1. The fraction of sp³-hybridized carbons (Fsp3) is 0.100. The fourth-order valence-corrected chi connectivity index (χ4v) is 4.86. The van der Waals surface area contributed by atoms with E-state index in [-0.39, 0.29) is 33.4 Å². The standard InChI is InChI=1S/C20H8F4I2/c21-19(22)15-5-9(25)1-3-11(15)13-7-18-14(8-17(13)19)12-4-2-10(26)6-16(12)20(18,23)24/h1-8H. The quantitative estimate of drug-likeness (QED) is 0.197. The molecule has 3 aromatic rings. The number of hydrogen-bond donors (Lipinski definition) is 0. The molecule has 0 unspecified atom stereocenters. The molecule has 0 aromatic heterocycles. The average Bonchev–Trinajstić information content (AvgIpc) is 2.93. The maximum Gasteiger partial charge on any atom is 0.299 e. The van der Waals surface area contributed by atoms with Crippen LogP contribution in [0.25, 0.3) is 22.3 Å². The van der Waals surface area contributed by atoms with Crippen molar-refractivity contribution in [2.45, 2.75) is 11.8 Å². The summed E-state index contributed by atoms with van der Waals surface area (Å²) in [7, 11) is 0. The highest BCUT2D eigenvalue weighted by Gasteiger charge is 2.50. The molecule has 130 valence electrons. The molecule has 3 aromatic carbocycles. The lowest BCUT2D eigenvalue weighted by atomic mass is 9.97. The maximum absolute atomic E-state index is 15.0. The summed E-state index contributed by atoms with van der Waals surface area (Å²) in [6, 6.07) is 12.0. The van der Waals surface area contributed by atoms with E-state index in [0.717, 1.165) is 0 Å². The summed E-state index contributed by atoms with van der Waals surface area (Å²) in [4.78, 5) is 0. The van der Waals surface area contributed by atoms with Crippen LogP contribution in [-0.4, -0.2) is 0 Å². The minimum atomic E-state index is -3.19. The molecule has 0 spiro atoms. The number of halogens is 6. The second kappa shape index (κ2) is 5.21. The number of fused-ring (bicyclic) bond motifs is 6. The first-order valence-corrected chi connectivity index (χ1v) is 9.92. The van der Waals surface area contributed by atoms with E-state index in [1.54, 1.807) is 24.3 Å². The van der Waals surface area contributed by atoms with E-state index in [0.29, 0.717) is 18.3 Å². The zero-order valence-corrected chi connectivity index (χ0v) is 17.2. The molecule has 0 radical (unpaired) electrons. The van der Waals surface area contributed by atoms with Crippen molar-refractivity contribution in [3.8, 4) is 22.3 Å². The smallest absolute Gasteiger partial charge is 0.196 e. The van der Waals surface area contributed by atoms with Crippen molar-refractivity contribution in [2.75, 3.05) is 0 Å². The summed E-state index contributed by atoms with van der Waals surface area (Å²) in [5.74, 6) is -6.38. The lowest BCUT2D eigenvalue weighted by Crippen LogP contribution is -2.13. The number of rotatable bonds is 0. The van der Waals surface area contributed by atoms with Crippen LogP contribution >= 0.6 is 45.2 Å². The Balaban J connectivity index is 1.84. The summed E-state index contributed by atoms with van der Waals surface area (Å²) in [6.45, 7) is 0. The van der Waals surface area contributed by atoms with Gasteiger partial charge in [-0.2, -0.15) is 17.6 Å². The molecule has 5 rings (SSSR count). The molecule has 0 saturated heterocycles. The zero-order valence-electron chi connectivity index (χ0n) is 12.9. The second-order valence-electron chi connectivity index (χ2n) is 6.47. The maximum atomic E-state index is 15.0. The van der Waals surface area contributed by atoms with Gasteiger partial charge in [-0.1, -0.05) is 12.1 Å². The van der Waals surface area contributed by atoms with Crippen LogP contribution in [0.15, 0.2) is 48.5 Å². The second-order valence-corrected chi connectivity index (χ2v) is 8.96. The van der Waals surface area contributed by atoms with Crippen LogP contribution < -0.4 is 0 Å². The Morgan fingerprint density at radius 1 is 0.500 bits per heavy atom. The predicted octanol–water partition coefficient (Wildman–Crippen LogP) is 7.14. The van der Waals surface area contributed by atoms with Crippen molar-refractivity contribution >= 4 is 45.2 Å². The Hall–Kier alpha value is -1.16. The Morgan fingerprint density at radius 3 is 1.23 bits per heavy atom. The van der Waals surface area contributed by atoms with E-state index in [1.807, 2.05) is 45.2 Å². The number of benzene rings is 3. The van der Waals surface area contributed by atoms with Crippen molar-refractivity contribution in [3.05, 3.63) is 77.9 Å². The van der Waals surface area contributed by atoms with Gasteiger partial charge < -0.3 is 0 Å². The third-order valence-electron chi connectivity index (χ3n) is 5.05. The highest BCUT2D eigenvalue weighted by atomic mass is 127. The molecule has 0 bridgehead atoms. The molecule has 0 aliphatic heterocycles. The summed E-state index contributed by atoms with van der Waals surface area (Å²) in [6.07, 6.45) is 0. The van der Waals surface area contributed by atoms with Gasteiger partial charge in [0, 0.05) is 29.4 Å². The SMILES string of the molecule is FC1(F)c2cc(I)ccc2-c2cc3c(cc21)-c1ccc(I)cc1C3(F)F. The Labute approximate surface area is 173 Å². The zero-order chi connectivity index (χ0) is 18.4. The molecular formula is C20H8F4I2. The number of alkyl halides is 4. The van der Waals surface area contributed by atoms with E-state index in [2.05, 4.69) is 0 Å². The third-order valence-corrected chi connectivity index (χ3v) is 6.40. The average molecular weight is 578 g/mol. The molecular weight excluding hydrogens is 570 g/mol. The van der Waals surface area contributed by atoms with Crippen LogP contribution in [0.4, 0.5) is 17.6 Å². The van der Waals surface area contributed by atoms with Crippen molar-refractivity contribution < 1.29 is 17.6 Å². The van der Waals surface area contributed by atoms with E-state index in [1.165, 1.54) is 24.3 Å². The molecule has 0 nitrogen and oxygen atoms in total. The van der Waals surface area contributed by atoms with Crippen LogP contribution in [0, 0.1) is 7.14 Å². The van der Waals surface area contributed by atoms with Crippen molar-refractivity contribution in [2.24, 2.45) is 0 Å². The Bertz CT molecular complexity index is 1030. The minimum Gasteiger partial charge on any atom is -0.196 e. The molecule has 0 fully saturated rings. The molecule has 2 aliphatic carbocycles. The first kappa shape index (κ1) is 17.0. The highest BCUT2D eigenvalue weighted by Crippen LogP contribution is 2.58. The van der Waals surface area contributed by atoms with Crippen LogP contribution in [0.3, 0.4) is 0 Å². The first-order chi connectivity index (χ1) is 12.2. The molecule has 2 aliphatic rings.